The average Bonchev–Trinajstić information content (AvgIpc) is 2.57. The standard InChI is InChI=1S/C18H35NO8/c1-5-26-16(20)6-8-22-10-12-24-14-15-25-13-11-23-9-7-19-17(21)27-18(2,3)4/h5-15H2,1-4H3,(H,19,21). The van der Waals surface area contributed by atoms with E-state index in [4.69, 9.17) is 28.4 Å². The molecule has 0 aromatic heterocycles. The van der Waals surface area contributed by atoms with Gasteiger partial charge in [0, 0.05) is 6.54 Å². The molecule has 0 aromatic carbocycles. The van der Waals surface area contributed by atoms with Crippen molar-refractivity contribution in [1.82, 2.24) is 5.32 Å². The molecule has 0 aliphatic carbocycles. The average molecular weight is 393 g/mol. The largest absolute Gasteiger partial charge is 0.466 e. The Balaban J connectivity index is 3.19. The monoisotopic (exact) mass is 393 g/mol. The normalized spacial score (nSPS) is 11.3. The highest BCUT2D eigenvalue weighted by atomic mass is 16.6. The van der Waals surface area contributed by atoms with E-state index in [1.54, 1.807) is 6.92 Å². The quantitative estimate of drug-likeness (QED) is 0.311. The summed E-state index contributed by atoms with van der Waals surface area (Å²) < 4.78 is 31.1. The van der Waals surface area contributed by atoms with Crippen LogP contribution >= 0.6 is 0 Å². The number of rotatable bonds is 16. The topological polar surface area (TPSA) is 102 Å². The Morgan fingerprint density at radius 1 is 0.778 bits per heavy atom. The fraction of sp³-hybridized carbons (Fsp3) is 0.889. The number of carbonyl (C=O) groups is 2. The molecule has 0 heterocycles. The van der Waals surface area contributed by atoms with Gasteiger partial charge in [-0.3, -0.25) is 4.79 Å². The first-order valence-electron chi connectivity index (χ1n) is 9.28. The van der Waals surface area contributed by atoms with Crippen LogP contribution < -0.4 is 5.32 Å². The van der Waals surface area contributed by atoms with Gasteiger partial charge in [0.1, 0.15) is 5.60 Å². The molecule has 1 amide bonds. The molecule has 0 fully saturated rings. The Labute approximate surface area is 161 Å². The van der Waals surface area contributed by atoms with Crippen molar-refractivity contribution >= 4 is 12.1 Å². The molecule has 9 nitrogen and oxygen atoms in total. The van der Waals surface area contributed by atoms with Gasteiger partial charge in [0.15, 0.2) is 0 Å². The van der Waals surface area contributed by atoms with Crippen LogP contribution in [0.25, 0.3) is 0 Å². The molecule has 0 saturated heterocycles. The van der Waals surface area contributed by atoms with Crippen molar-refractivity contribution in [2.75, 3.05) is 66.0 Å². The van der Waals surface area contributed by atoms with Gasteiger partial charge < -0.3 is 33.7 Å². The number of nitrogens with one attached hydrogen (secondary N) is 1. The van der Waals surface area contributed by atoms with E-state index >= 15 is 0 Å². The minimum Gasteiger partial charge on any atom is -0.466 e. The van der Waals surface area contributed by atoms with Gasteiger partial charge in [-0.25, -0.2) is 4.79 Å². The molecule has 0 aromatic rings. The molecular formula is C18H35NO8. The van der Waals surface area contributed by atoms with Crippen molar-refractivity contribution in [2.24, 2.45) is 0 Å². The van der Waals surface area contributed by atoms with E-state index in [0.717, 1.165) is 0 Å². The Kier molecular flexibility index (Phi) is 15.9. The molecule has 0 radical (unpaired) electrons. The molecular weight excluding hydrogens is 358 g/mol. The fourth-order valence-electron chi connectivity index (χ4n) is 1.69. The third-order valence-electron chi connectivity index (χ3n) is 2.79. The van der Waals surface area contributed by atoms with Crippen LogP contribution in [-0.2, 0) is 33.2 Å². The van der Waals surface area contributed by atoms with Crippen molar-refractivity contribution in [3.05, 3.63) is 0 Å². The summed E-state index contributed by atoms with van der Waals surface area (Å²) in [6, 6.07) is 0. The maximum Gasteiger partial charge on any atom is 0.407 e. The van der Waals surface area contributed by atoms with Gasteiger partial charge in [0.25, 0.3) is 0 Å². The maximum absolute atomic E-state index is 11.4. The minimum absolute atomic E-state index is 0.254. The Hall–Kier alpha value is -1.42. The number of alkyl carbamates (subject to hydrolysis) is 1. The van der Waals surface area contributed by atoms with Gasteiger partial charge in [-0.15, -0.1) is 0 Å². The molecule has 0 unspecified atom stereocenters. The van der Waals surface area contributed by atoms with Gasteiger partial charge in [0.05, 0.1) is 65.9 Å². The molecule has 1 N–H and O–H groups in total. The van der Waals surface area contributed by atoms with Crippen molar-refractivity contribution < 1.29 is 38.0 Å². The van der Waals surface area contributed by atoms with Gasteiger partial charge in [-0.05, 0) is 27.7 Å². The third kappa shape index (κ3) is 20.7. The van der Waals surface area contributed by atoms with Crippen molar-refractivity contribution in [3.63, 3.8) is 0 Å². The number of esters is 1. The van der Waals surface area contributed by atoms with E-state index in [0.29, 0.717) is 66.0 Å². The molecule has 0 rings (SSSR count). The number of amides is 1. The SMILES string of the molecule is CCOC(=O)CCOCCOCCOCCOCCNC(=O)OC(C)(C)C. The summed E-state index contributed by atoms with van der Waals surface area (Å²) >= 11 is 0. The van der Waals surface area contributed by atoms with Crippen LogP contribution in [0.2, 0.25) is 0 Å². The number of carbonyl (C=O) groups excluding carboxylic acids is 2. The maximum atomic E-state index is 11.4. The van der Waals surface area contributed by atoms with E-state index in [1.807, 2.05) is 20.8 Å². The predicted octanol–water partition coefficient (Wildman–Crippen LogP) is 1.53. The van der Waals surface area contributed by atoms with Gasteiger partial charge in [-0.1, -0.05) is 0 Å². The lowest BCUT2D eigenvalue weighted by molar-refractivity contribution is -0.144. The van der Waals surface area contributed by atoms with Crippen LogP contribution in [0.15, 0.2) is 0 Å². The van der Waals surface area contributed by atoms with Crippen molar-refractivity contribution in [3.8, 4) is 0 Å². The lowest BCUT2D eigenvalue weighted by Crippen LogP contribution is -2.34. The Morgan fingerprint density at radius 2 is 1.26 bits per heavy atom. The van der Waals surface area contributed by atoms with Crippen LogP contribution in [0.3, 0.4) is 0 Å². The first-order valence-corrected chi connectivity index (χ1v) is 9.28. The molecule has 160 valence electrons. The van der Waals surface area contributed by atoms with E-state index in [2.05, 4.69) is 5.32 Å². The zero-order valence-corrected chi connectivity index (χ0v) is 17.0. The highest BCUT2D eigenvalue weighted by Crippen LogP contribution is 2.05. The molecule has 0 atom stereocenters. The van der Waals surface area contributed by atoms with E-state index in [-0.39, 0.29) is 12.4 Å². The van der Waals surface area contributed by atoms with Gasteiger partial charge in [-0.2, -0.15) is 0 Å². The smallest absolute Gasteiger partial charge is 0.407 e. The summed E-state index contributed by atoms with van der Waals surface area (Å²) in [4.78, 5) is 22.4. The molecule has 0 spiro atoms. The molecule has 0 bridgehead atoms. The third-order valence-corrected chi connectivity index (χ3v) is 2.79. The lowest BCUT2D eigenvalue weighted by Gasteiger charge is -2.19. The van der Waals surface area contributed by atoms with Crippen molar-refractivity contribution in [1.29, 1.82) is 0 Å². The summed E-state index contributed by atoms with van der Waals surface area (Å²) in [6.45, 7) is 11.4. The molecule has 0 saturated carbocycles. The summed E-state index contributed by atoms with van der Waals surface area (Å²) in [5.74, 6) is -0.255. The molecule has 9 heteroatoms. The second-order valence-corrected chi connectivity index (χ2v) is 6.43. The van der Waals surface area contributed by atoms with E-state index in [9.17, 15) is 9.59 Å². The van der Waals surface area contributed by atoms with Crippen LogP contribution in [0.4, 0.5) is 4.79 Å². The fourth-order valence-corrected chi connectivity index (χ4v) is 1.69. The Morgan fingerprint density at radius 3 is 1.74 bits per heavy atom. The summed E-state index contributed by atoms with van der Waals surface area (Å²) in [5, 5.41) is 2.61. The van der Waals surface area contributed by atoms with E-state index in [1.165, 1.54) is 0 Å². The second-order valence-electron chi connectivity index (χ2n) is 6.43. The summed E-state index contributed by atoms with van der Waals surface area (Å²) in [5.41, 5.74) is -0.504. The Bertz CT molecular complexity index is 384. The highest BCUT2D eigenvalue weighted by Gasteiger charge is 2.15. The molecule has 0 aliphatic heterocycles. The van der Waals surface area contributed by atoms with Crippen LogP contribution in [-0.4, -0.2) is 83.7 Å². The summed E-state index contributed by atoms with van der Waals surface area (Å²) in [7, 11) is 0. The first kappa shape index (κ1) is 25.6. The zero-order valence-electron chi connectivity index (χ0n) is 17.0. The van der Waals surface area contributed by atoms with E-state index < -0.39 is 11.7 Å². The summed E-state index contributed by atoms with van der Waals surface area (Å²) in [6.07, 6.45) is -0.200. The first-order chi connectivity index (χ1) is 12.8. The van der Waals surface area contributed by atoms with Crippen LogP contribution in [0, 0.1) is 0 Å². The number of hydrogen-bond donors (Lipinski definition) is 1. The second kappa shape index (κ2) is 16.7. The zero-order chi connectivity index (χ0) is 20.4. The van der Waals surface area contributed by atoms with Crippen molar-refractivity contribution in [2.45, 2.75) is 39.7 Å². The number of hydrogen-bond acceptors (Lipinski definition) is 8. The predicted molar refractivity (Wildman–Crippen MR) is 98.8 cm³/mol. The lowest BCUT2D eigenvalue weighted by atomic mass is 10.2. The van der Waals surface area contributed by atoms with Gasteiger partial charge >= 0.3 is 12.1 Å². The van der Waals surface area contributed by atoms with Crippen LogP contribution in [0.1, 0.15) is 34.1 Å². The van der Waals surface area contributed by atoms with Gasteiger partial charge in [0.2, 0.25) is 0 Å². The number of ether oxygens (including phenoxy) is 6. The highest BCUT2D eigenvalue weighted by molar-refractivity contribution is 5.69. The molecule has 27 heavy (non-hydrogen) atoms. The molecule has 0 aliphatic rings. The van der Waals surface area contributed by atoms with Crippen LogP contribution in [0.5, 0.6) is 0 Å². The minimum atomic E-state index is -0.504.